The fraction of sp³-hybridized carbons (Fsp3) is 0.632. The molecule has 23 heavy (non-hydrogen) atoms. The van der Waals surface area contributed by atoms with Crippen LogP contribution in [0.5, 0.6) is 0 Å². The second-order valence-electron chi connectivity index (χ2n) is 7.07. The molecule has 4 unspecified atom stereocenters. The average molecular weight is 314 g/mol. The van der Waals surface area contributed by atoms with E-state index in [0.29, 0.717) is 18.0 Å². The lowest BCUT2D eigenvalue weighted by Crippen LogP contribution is -2.47. The van der Waals surface area contributed by atoms with Gasteiger partial charge in [0.2, 0.25) is 5.91 Å². The SMILES string of the molecule is O=C(C1CCCOC1c1ccccc1)N1C2CCNCC1CC2. The van der Waals surface area contributed by atoms with Crippen LogP contribution in [-0.4, -0.2) is 42.6 Å². The number of hydrogen-bond donors (Lipinski definition) is 1. The van der Waals surface area contributed by atoms with Crippen LogP contribution in [0, 0.1) is 5.92 Å². The monoisotopic (exact) mass is 314 g/mol. The van der Waals surface area contributed by atoms with Crippen molar-refractivity contribution in [3.05, 3.63) is 35.9 Å². The lowest BCUT2D eigenvalue weighted by molar-refractivity contribution is -0.148. The fourth-order valence-electron chi connectivity index (χ4n) is 4.54. The first kappa shape index (κ1) is 15.2. The van der Waals surface area contributed by atoms with Crippen LogP contribution in [-0.2, 0) is 9.53 Å². The molecule has 2 bridgehead atoms. The van der Waals surface area contributed by atoms with Gasteiger partial charge in [-0.25, -0.2) is 0 Å². The van der Waals surface area contributed by atoms with Crippen LogP contribution >= 0.6 is 0 Å². The zero-order chi connectivity index (χ0) is 15.6. The number of carbonyl (C=O) groups excluding carboxylic acids is 1. The molecule has 0 saturated carbocycles. The lowest BCUT2D eigenvalue weighted by Gasteiger charge is -2.37. The van der Waals surface area contributed by atoms with E-state index >= 15 is 0 Å². The Balaban J connectivity index is 1.58. The molecule has 3 fully saturated rings. The van der Waals surface area contributed by atoms with Crippen molar-refractivity contribution in [1.82, 2.24) is 10.2 Å². The number of nitrogens with zero attached hydrogens (tertiary/aromatic N) is 1. The largest absolute Gasteiger partial charge is 0.373 e. The van der Waals surface area contributed by atoms with Crippen LogP contribution in [0.25, 0.3) is 0 Å². The third kappa shape index (κ3) is 2.90. The van der Waals surface area contributed by atoms with Crippen LogP contribution in [0.2, 0.25) is 0 Å². The summed E-state index contributed by atoms with van der Waals surface area (Å²) in [5.41, 5.74) is 1.14. The molecule has 0 aliphatic carbocycles. The highest BCUT2D eigenvalue weighted by Crippen LogP contribution is 2.38. The number of amides is 1. The smallest absolute Gasteiger partial charge is 0.229 e. The van der Waals surface area contributed by atoms with Crippen molar-refractivity contribution in [1.29, 1.82) is 0 Å². The fourth-order valence-corrected chi connectivity index (χ4v) is 4.54. The molecular formula is C19H26N2O2. The van der Waals surface area contributed by atoms with Gasteiger partial charge >= 0.3 is 0 Å². The van der Waals surface area contributed by atoms with Gasteiger partial charge in [0.25, 0.3) is 0 Å². The van der Waals surface area contributed by atoms with Gasteiger partial charge in [0.1, 0.15) is 0 Å². The minimum absolute atomic E-state index is 0.0210. The summed E-state index contributed by atoms with van der Waals surface area (Å²) in [6, 6.07) is 11.1. The normalized spacial score (nSPS) is 34.2. The van der Waals surface area contributed by atoms with Gasteiger partial charge in [-0.2, -0.15) is 0 Å². The van der Waals surface area contributed by atoms with Crippen LogP contribution in [0.15, 0.2) is 30.3 Å². The number of benzene rings is 1. The van der Waals surface area contributed by atoms with Gasteiger partial charge in [0.05, 0.1) is 12.0 Å². The van der Waals surface area contributed by atoms with E-state index in [4.69, 9.17) is 4.74 Å². The van der Waals surface area contributed by atoms with E-state index in [9.17, 15) is 4.79 Å². The minimum atomic E-state index is -0.0759. The van der Waals surface area contributed by atoms with E-state index in [0.717, 1.165) is 50.9 Å². The molecule has 4 nitrogen and oxygen atoms in total. The molecule has 3 saturated heterocycles. The predicted molar refractivity (Wildman–Crippen MR) is 89.0 cm³/mol. The van der Waals surface area contributed by atoms with Gasteiger partial charge in [-0.15, -0.1) is 0 Å². The zero-order valence-corrected chi connectivity index (χ0v) is 13.6. The number of rotatable bonds is 2. The molecule has 0 aromatic heterocycles. The molecule has 3 heterocycles. The number of hydrogen-bond acceptors (Lipinski definition) is 3. The van der Waals surface area contributed by atoms with Crippen LogP contribution in [0.1, 0.15) is 43.8 Å². The highest BCUT2D eigenvalue weighted by molar-refractivity contribution is 5.81. The maximum atomic E-state index is 13.4. The molecule has 3 aliphatic rings. The summed E-state index contributed by atoms with van der Waals surface area (Å²) in [4.78, 5) is 15.6. The second kappa shape index (κ2) is 6.62. The maximum absolute atomic E-state index is 13.4. The van der Waals surface area contributed by atoms with Crippen molar-refractivity contribution in [2.45, 2.75) is 50.3 Å². The third-order valence-corrected chi connectivity index (χ3v) is 5.68. The van der Waals surface area contributed by atoms with E-state index in [1.807, 2.05) is 18.2 Å². The molecule has 0 radical (unpaired) electrons. The minimum Gasteiger partial charge on any atom is -0.373 e. The first-order valence-electron chi connectivity index (χ1n) is 9.04. The Morgan fingerprint density at radius 3 is 2.78 bits per heavy atom. The standard InChI is InChI=1S/C19H26N2O2/c22-19(21-15-8-9-16(21)13-20-11-10-15)17-7-4-12-23-18(17)14-5-2-1-3-6-14/h1-3,5-6,15-18,20H,4,7-13H2. The van der Waals surface area contributed by atoms with Gasteiger partial charge in [-0.3, -0.25) is 4.79 Å². The van der Waals surface area contributed by atoms with Gasteiger partial charge in [-0.1, -0.05) is 30.3 Å². The number of nitrogens with one attached hydrogen (secondary N) is 1. The highest BCUT2D eigenvalue weighted by atomic mass is 16.5. The molecular weight excluding hydrogens is 288 g/mol. The van der Waals surface area contributed by atoms with Gasteiger partial charge < -0.3 is 15.0 Å². The zero-order valence-electron chi connectivity index (χ0n) is 13.6. The topological polar surface area (TPSA) is 41.6 Å². The van der Waals surface area contributed by atoms with Crippen molar-refractivity contribution in [3.8, 4) is 0 Å². The number of fused-ring (bicyclic) bond motifs is 2. The molecule has 4 rings (SSSR count). The van der Waals surface area contributed by atoms with E-state index in [1.165, 1.54) is 6.42 Å². The van der Waals surface area contributed by atoms with E-state index in [2.05, 4.69) is 22.3 Å². The summed E-state index contributed by atoms with van der Waals surface area (Å²) in [5.74, 6) is 0.308. The van der Waals surface area contributed by atoms with Gasteiger partial charge in [0.15, 0.2) is 0 Å². The molecule has 124 valence electrons. The number of ether oxygens (including phenoxy) is 1. The van der Waals surface area contributed by atoms with Crippen molar-refractivity contribution >= 4 is 5.91 Å². The van der Waals surface area contributed by atoms with E-state index < -0.39 is 0 Å². The summed E-state index contributed by atoms with van der Waals surface area (Å²) in [5, 5.41) is 3.48. The summed E-state index contributed by atoms with van der Waals surface area (Å²) in [6.45, 7) is 2.75. The van der Waals surface area contributed by atoms with Gasteiger partial charge in [-0.05, 0) is 44.2 Å². The summed E-state index contributed by atoms with van der Waals surface area (Å²) in [6.07, 6.45) is 5.26. The quantitative estimate of drug-likeness (QED) is 0.912. The molecule has 0 spiro atoms. The Hall–Kier alpha value is -1.39. The predicted octanol–water partition coefficient (Wildman–Crippen LogP) is 2.51. The Morgan fingerprint density at radius 1 is 1.09 bits per heavy atom. The van der Waals surface area contributed by atoms with Crippen LogP contribution in [0.4, 0.5) is 0 Å². The first-order chi connectivity index (χ1) is 11.3. The van der Waals surface area contributed by atoms with Crippen LogP contribution in [0.3, 0.4) is 0 Å². The molecule has 4 heteroatoms. The van der Waals surface area contributed by atoms with Crippen molar-refractivity contribution in [3.63, 3.8) is 0 Å². The molecule has 1 N–H and O–H groups in total. The summed E-state index contributed by atoms with van der Waals surface area (Å²) < 4.78 is 6.05. The Bertz CT molecular complexity index is 534. The lowest BCUT2D eigenvalue weighted by atomic mass is 9.88. The Morgan fingerprint density at radius 2 is 1.91 bits per heavy atom. The summed E-state index contributed by atoms with van der Waals surface area (Å²) >= 11 is 0. The van der Waals surface area contributed by atoms with E-state index in [1.54, 1.807) is 0 Å². The number of carbonyl (C=O) groups is 1. The van der Waals surface area contributed by atoms with E-state index in [-0.39, 0.29) is 12.0 Å². The molecule has 3 aliphatic heterocycles. The molecule has 1 aromatic rings. The summed E-state index contributed by atoms with van der Waals surface area (Å²) in [7, 11) is 0. The third-order valence-electron chi connectivity index (χ3n) is 5.68. The van der Waals surface area contributed by atoms with Crippen molar-refractivity contribution in [2.75, 3.05) is 19.7 Å². The Labute approximate surface area is 138 Å². The van der Waals surface area contributed by atoms with Crippen LogP contribution < -0.4 is 5.32 Å². The van der Waals surface area contributed by atoms with Gasteiger partial charge in [0, 0.05) is 25.2 Å². The highest BCUT2D eigenvalue weighted by Gasteiger charge is 2.43. The second-order valence-corrected chi connectivity index (χ2v) is 7.07. The molecule has 1 amide bonds. The maximum Gasteiger partial charge on any atom is 0.229 e. The molecule has 4 atom stereocenters. The first-order valence-corrected chi connectivity index (χ1v) is 9.04. The Kier molecular flexibility index (Phi) is 4.36. The average Bonchev–Trinajstić information content (AvgIpc) is 2.88. The van der Waals surface area contributed by atoms with Crippen molar-refractivity contribution in [2.24, 2.45) is 5.92 Å². The van der Waals surface area contributed by atoms with Crippen molar-refractivity contribution < 1.29 is 9.53 Å². The molecule has 1 aromatic carbocycles.